The van der Waals surface area contributed by atoms with Crippen molar-refractivity contribution in [1.29, 1.82) is 0 Å². The van der Waals surface area contributed by atoms with Crippen molar-refractivity contribution in [2.45, 2.75) is 44.4 Å². The fourth-order valence-electron chi connectivity index (χ4n) is 4.20. The van der Waals surface area contributed by atoms with E-state index in [-0.39, 0.29) is 11.9 Å². The number of nitrogens with one attached hydrogen (secondary N) is 1. The molecule has 1 amide bonds. The highest BCUT2D eigenvalue weighted by Crippen LogP contribution is 2.31. The minimum Gasteiger partial charge on any atom is -0.496 e. The molecule has 0 aliphatic heterocycles. The number of hydrogen-bond donors (Lipinski definition) is 1. The average Bonchev–Trinajstić information content (AvgIpc) is 2.88. The van der Waals surface area contributed by atoms with E-state index in [1.165, 1.54) is 12.1 Å². The molecule has 192 valence electrons. The molecule has 1 unspecified atom stereocenters. The van der Waals surface area contributed by atoms with Crippen LogP contribution in [-0.4, -0.2) is 32.0 Å². The maximum Gasteiger partial charge on any atom is 0.416 e. The van der Waals surface area contributed by atoms with Gasteiger partial charge in [-0.15, -0.1) is 0 Å². The van der Waals surface area contributed by atoms with E-state index in [0.717, 1.165) is 46.6 Å². The van der Waals surface area contributed by atoms with Gasteiger partial charge in [-0.25, -0.2) is 0 Å². The number of benzene rings is 3. The standard InChI is InChI=1S/C29H33F3N2O2/c1-5-21-14-15-23(19-26(21)36-4)25(18-13-20-11-16-24(17-12-20)29(30,31)32)33-27(28(35)34(2)3)22-9-7-6-8-10-22/h6-12,14-17,19,25,27,33H,5,13,18H2,1-4H3/t25?,27-/m1/s1. The van der Waals surface area contributed by atoms with Crippen molar-refractivity contribution in [3.05, 3.63) is 101 Å². The van der Waals surface area contributed by atoms with Gasteiger partial charge in [-0.2, -0.15) is 13.2 Å². The second kappa shape index (κ2) is 12.1. The molecule has 0 bridgehead atoms. The largest absolute Gasteiger partial charge is 0.496 e. The molecule has 0 spiro atoms. The smallest absolute Gasteiger partial charge is 0.416 e. The van der Waals surface area contributed by atoms with Crippen molar-refractivity contribution in [2.75, 3.05) is 21.2 Å². The minimum atomic E-state index is -4.37. The molecule has 2 atom stereocenters. The summed E-state index contributed by atoms with van der Waals surface area (Å²) in [6.45, 7) is 2.05. The zero-order chi connectivity index (χ0) is 26.3. The van der Waals surface area contributed by atoms with Crippen molar-refractivity contribution in [3.8, 4) is 5.75 Å². The first-order valence-electron chi connectivity index (χ1n) is 12.0. The van der Waals surface area contributed by atoms with Crippen molar-refractivity contribution < 1.29 is 22.7 Å². The maximum absolute atomic E-state index is 13.2. The van der Waals surface area contributed by atoms with E-state index in [1.807, 2.05) is 48.5 Å². The number of hydrogen-bond acceptors (Lipinski definition) is 3. The molecule has 3 aromatic rings. The molecule has 36 heavy (non-hydrogen) atoms. The number of alkyl halides is 3. The Hall–Kier alpha value is -3.32. The van der Waals surface area contributed by atoms with E-state index in [0.29, 0.717) is 12.8 Å². The van der Waals surface area contributed by atoms with Crippen LogP contribution in [0.3, 0.4) is 0 Å². The predicted octanol–water partition coefficient (Wildman–Crippen LogP) is 6.37. The molecule has 0 fully saturated rings. The summed E-state index contributed by atoms with van der Waals surface area (Å²) < 4.78 is 44.5. The van der Waals surface area contributed by atoms with Crippen LogP contribution in [0.25, 0.3) is 0 Å². The molecule has 0 radical (unpaired) electrons. The van der Waals surface area contributed by atoms with Crippen LogP contribution in [0.2, 0.25) is 0 Å². The second-order valence-corrected chi connectivity index (χ2v) is 8.95. The molecule has 0 saturated heterocycles. The highest BCUT2D eigenvalue weighted by molar-refractivity contribution is 5.83. The zero-order valence-corrected chi connectivity index (χ0v) is 21.1. The van der Waals surface area contributed by atoms with Crippen LogP contribution in [-0.2, 0) is 23.8 Å². The van der Waals surface area contributed by atoms with Crippen molar-refractivity contribution in [3.63, 3.8) is 0 Å². The van der Waals surface area contributed by atoms with E-state index in [4.69, 9.17) is 4.74 Å². The van der Waals surface area contributed by atoms with Crippen LogP contribution >= 0.6 is 0 Å². The van der Waals surface area contributed by atoms with Crippen molar-refractivity contribution in [2.24, 2.45) is 0 Å². The van der Waals surface area contributed by atoms with Crippen LogP contribution in [0.15, 0.2) is 72.8 Å². The third-order valence-corrected chi connectivity index (χ3v) is 6.29. The Balaban J connectivity index is 1.94. The molecular formula is C29H33F3N2O2. The van der Waals surface area contributed by atoms with Crippen LogP contribution in [0.5, 0.6) is 5.75 Å². The number of nitrogens with zero attached hydrogens (tertiary/aromatic N) is 1. The fraction of sp³-hybridized carbons (Fsp3) is 0.345. The predicted molar refractivity (Wildman–Crippen MR) is 136 cm³/mol. The highest BCUT2D eigenvalue weighted by Gasteiger charge is 2.30. The molecular weight excluding hydrogens is 465 g/mol. The molecule has 0 heterocycles. The number of halogens is 3. The number of carbonyl (C=O) groups is 1. The number of aryl methyl sites for hydroxylation is 2. The molecule has 1 N–H and O–H groups in total. The minimum absolute atomic E-state index is 0.0853. The lowest BCUT2D eigenvalue weighted by molar-refractivity contribution is -0.137. The normalized spacial score (nSPS) is 13.2. The average molecular weight is 499 g/mol. The van der Waals surface area contributed by atoms with E-state index in [2.05, 4.69) is 12.2 Å². The van der Waals surface area contributed by atoms with Gasteiger partial charge in [0.1, 0.15) is 11.8 Å². The molecule has 0 aromatic heterocycles. The first-order valence-corrected chi connectivity index (χ1v) is 12.0. The molecule has 0 aliphatic carbocycles. The molecule has 3 aromatic carbocycles. The number of rotatable bonds is 10. The second-order valence-electron chi connectivity index (χ2n) is 8.95. The third kappa shape index (κ3) is 6.88. The molecule has 7 heteroatoms. The monoisotopic (exact) mass is 498 g/mol. The Morgan fingerprint density at radius 1 is 0.972 bits per heavy atom. The first-order chi connectivity index (χ1) is 17.1. The SMILES string of the molecule is CCc1ccc(C(CCc2ccc(C(F)(F)F)cc2)N[C@@H](C(=O)N(C)C)c2ccccc2)cc1OC. The summed E-state index contributed by atoms with van der Waals surface area (Å²) in [4.78, 5) is 14.7. The lowest BCUT2D eigenvalue weighted by Gasteiger charge is -2.28. The first kappa shape index (κ1) is 27.3. The zero-order valence-electron chi connectivity index (χ0n) is 21.1. The number of amides is 1. The Bertz CT molecular complexity index is 1130. The van der Waals surface area contributed by atoms with Crippen LogP contribution < -0.4 is 10.1 Å². The Morgan fingerprint density at radius 2 is 1.64 bits per heavy atom. The number of likely N-dealkylation sites (N-methyl/N-ethyl adjacent to an activating group) is 1. The van der Waals surface area contributed by atoms with Crippen LogP contribution in [0.1, 0.15) is 53.2 Å². The lowest BCUT2D eigenvalue weighted by atomic mass is 9.94. The van der Waals surface area contributed by atoms with Crippen LogP contribution in [0.4, 0.5) is 13.2 Å². The van der Waals surface area contributed by atoms with Gasteiger partial charge in [0, 0.05) is 20.1 Å². The van der Waals surface area contributed by atoms with Gasteiger partial charge in [0.15, 0.2) is 0 Å². The quantitative estimate of drug-likeness (QED) is 0.353. The van der Waals surface area contributed by atoms with Gasteiger partial charge in [-0.3, -0.25) is 10.1 Å². The Morgan fingerprint density at radius 3 is 2.19 bits per heavy atom. The fourth-order valence-corrected chi connectivity index (χ4v) is 4.20. The summed E-state index contributed by atoms with van der Waals surface area (Å²) in [6.07, 6.45) is -2.44. The molecule has 3 rings (SSSR count). The van der Waals surface area contributed by atoms with Gasteiger partial charge in [0.2, 0.25) is 5.91 Å². The van der Waals surface area contributed by atoms with Crippen molar-refractivity contribution in [1.82, 2.24) is 10.2 Å². The number of methoxy groups -OCH3 is 1. The Labute approximate surface area is 211 Å². The summed E-state index contributed by atoms with van der Waals surface area (Å²) in [7, 11) is 5.07. The molecule has 0 saturated carbocycles. The summed E-state index contributed by atoms with van der Waals surface area (Å²) in [5, 5.41) is 3.54. The van der Waals surface area contributed by atoms with Crippen LogP contribution in [0, 0.1) is 0 Å². The van der Waals surface area contributed by atoms with E-state index < -0.39 is 17.8 Å². The van der Waals surface area contributed by atoms with E-state index >= 15 is 0 Å². The summed E-state index contributed by atoms with van der Waals surface area (Å²) in [6, 6.07) is 19.9. The summed E-state index contributed by atoms with van der Waals surface area (Å²) >= 11 is 0. The van der Waals surface area contributed by atoms with Gasteiger partial charge in [0.25, 0.3) is 0 Å². The van der Waals surface area contributed by atoms with E-state index in [9.17, 15) is 18.0 Å². The van der Waals surface area contributed by atoms with Crippen molar-refractivity contribution >= 4 is 5.91 Å². The van der Waals surface area contributed by atoms with Gasteiger partial charge in [-0.05, 0) is 59.7 Å². The number of carbonyl (C=O) groups excluding carboxylic acids is 1. The summed E-state index contributed by atoms with van der Waals surface area (Å²) in [5.41, 5.74) is 2.99. The highest BCUT2D eigenvalue weighted by atomic mass is 19.4. The topological polar surface area (TPSA) is 41.6 Å². The number of ether oxygens (including phenoxy) is 1. The van der Waals surface area contributed by atoms with Gasteiger partial charge < -0.3 is 9.64 Å². The third-order valence-electron chi connectivity index (χ3n) is 6.29. The molecule has 4 nitrogen and oxygen atoms in total. The van der Waals surface area contributed by atoms with Gasteiger partial charge >= 0.3 is 6.18 Å². The van der Waals surface area contributed by atoms with Gasteiger partial charge in [0.05, 0.1) is 12.7 Å². The lowest BCUT2D eigenvalue weighted by Crippen LogP contribution is -2.39. The summed E-state index contributed by atoms with van der Waals surface area (Å²) in [5.74, 6) is 0.685. The van der Waals surface area contributed by atoms with Gasteiger partial charge in [-0.1, -0.05) is 61.5 Å². The Kier molecular flexibility index (Phi) is 9.15. The maximum atomic E-state index is 13.2. The molecule has 0 aliphatic rings. The van der Waals surface area contributed by atoms with E-state index in [1.54, 1.807) is 26.1 Å².